The average Bonchev–Trinajstić information content (AvgIpc) is 2.36. The van der Waals surface area contributed by atoms with E-state index >= 15 is 0 Å². The van der Waals surface area contributed by atoms with Gasteiger partial charge >= 0.3 is 0 Å². The van der Waals surface area contributed by atoms with E-state index in [0.717, 1.165) is 12.5 Å². The standard InChI is InChI=1S/C16H27N3O/c1-6-17-15(19-16(2,3)4)18-11-13-9-7-8-10-14(13)12-20-5/h7-10H,6,11-12H2,1-5H3,(H2,17,18,19). The molecule has 0 amide bonds. The van der Waals surface area contributed by atoms with Gasteiger partial charge in [-0.2, -0.15) is 0 Å². The SMILES string of the molecule is CCNC(=NCc1ccccc1COC)NC(C)(C)C. The summed E-state index contributed by atoms with van der Waals surface area (Å²) in [6.45, 7) is 10.6. The summed E-state index contributed by atoms with van der Waals surface area (Å²) in [5.41, 5.74) is 2.37. The van der Waals surface area contributed by atoms with Crippen LogP contribution in [0.15, 0.2) is 29.3 Å². The van der Waals surface area contributed by atoms with Crippen molar-refractivity contribution in [2.45, 2.75) is 46.4 Å². The third kappa shape index (κ3) is 6.06. The highest BCUT2D eigenvalue weighted by Crippen LogP contribution is 2.11. The van der Waals surface area contributed by atoms with Gasteiger partial charge in [-0.05, 0) is 38.8 Å². The Balaban J connectivity index is 2.81. The molecular weight excluding hydrogens is 250 g/mol. The summed E-state index contributed by atoms with van der Waals surface area (Å²) >= 11 is 0. The molecule has 0 atom stereocenters. The fraction of sp³-hybridized carbons (Fsp3) is 0.562. The number of nitrogens with zero attached hydrogens (tertiary/aromatic N) is 1. The zero-order chi connectivity index (χ0) is 15.0. The predicted octanol–water partition coefficient (Wildman–Crippen LogP) is 2.69. The van der Waals surface area contributed by atoms with E-state index in [1.165, 1.54) is 11.1 Å². The molecule has 0 aliphatic rings. The predicted molar refractivity (Wildman–Crippen MR) is 84.9 cm³/mol. The quantitative estimate of drug-likeness (QED) is 0.642. The molecule has 1 aromatic rings. The van der Waals surface area contributed by atoms with E-state index in [2.05, 4.69) is 55.5 Å². The minimum atomic E-state index is -0.00689. The summed E-state index contributed by atoms with van der Waals surface area (Å²) in [6, 6.07) is 8.24. The third-order valence-electron chi connectivity index (χ3n) is 2.66. The van der Waals surface area contributed by atoms with Crippen molar-refractivity contribution in [3.8, 4) is 0 Å². The maximum Gasteiger partial charge on any atom is 0.191 e. The van der Waals surface area contributed by atoms with E-state index in [9.17, 15) is 0 Å². The van der Waals surface area contributed by atoms with Crippen molar-refractivity contribution in [1.29, 1.82) is 0 Å². The van der Waals surface area contributed by atoms with Crippen molar-refractivity contribution in [3.63, 3.8) is 0 Å². The highest BCUT2D eigenvalue weighted by atomic mass is 16.5. The molecule has 0 saturated carbocycles. The maximum atomic E-state index is 5.22. The smallest absolute Gasteiger partial charge is 0.191 e. The normalized spacial score (nSPS) is 12.3. The van der Waals surface area contributed by atoms with Gasteiger partial charge in [-0.25, -0.2) is 4.99 Å². The number of guanidine groups is 1. The van der Waals surface area contributed by atoms with E-state index in [-0.39, 0.29) is 5.54 Å². The van der Waals surface area contributed by atoms with Gasteiger partial charge < -0.3 is 15.4 Å². The van der Waals surface area contributed by atoms with Crippen molar-refractivity contribution in [3.05, 3.63) is 35.4 Å². The number of methoxy groups -OCH3 is 1. The van der Waals surface area contributed by atoms with E-state index < -0.39 is 0 Å². The molecule has 0 fully saturated rings. The Kier molecular flexibility index (Phi) is 6.52. The zero-order valence-electron chi connectivity index (χ0n) is 13.3. The summed E-state index contributed by atoms with van der Waals surface area (Å²) in [5, 5.41) is 6.65. The van der Waals surface area contributed by atoms with Crippen molar-refractivity contribution in [2.24, 2.45) is 4.99 Å². The summed E-state index contributed by atoms with van der Waals surface area (Å²) in [7, 11) is 1.71. The van der Waals surface area contributed by atoms with Gasteiger partial charge in [0.1, 0.15) is 0 Å². The van der Waals surface area contributed by atoms with Crippen LogP contribution >= 0.6 is 0 Å². The minimum absolute atomic E-state index is 0.00689. The lowest BCUT2D eigenvalue weighted by Crippen LogP contribution is -2.47. The van der Waals surface area contributed by atoms with Gasteiger partial charge in [0.05, 0.1) is 13.2 Å². The number of aliphatic imine (C=N–C) groups is 1. The fourth-order valence-electron chi connectivity index (χ4n) is 1.83. The Morgan fingerprint density at radius 1 is 1.20 bits per heavy atom. The van der Waals surface area contributed by atoms with Gasteiger partial charge in [0.15, 0.2) is 5.96 Å². The molecular formula is C16H27N3O. The van der Waals surface area contributed by atoms with Gasteiger partial charge in [-0.15, -0.1) is 0 Å². The molecule has 0 aromatic heterocycles. The van der Waals surface area contributed by atoms with Gasteiger partial charge in [-0.3, -0.25) is 0 Å². The summed E-state index contributed by atoms with van der Waals surface area (Å²) in [4.78, 5) is 4.65. The van der Waals surface area contributed by atoms with Gasteiger partial charge in [0.2, 0.25) is 0 Å². The molecule has 1 rings (SSSR count). The highest BCUT2D eigenvalue weighted by Gasteiger charge is 2.11. The molecule has 2 N–H and O–H groups in total. The van der Waals surface area contributed by atoms with Crippen LogP contribution in [-0.2, 0) is 17.9 Å². The lowest BCUT2D eigenvalue weighted by atomic mass is 10.1. The molecule has 0 spiro atoms. The van der Waals surface area contributed by atoms with Crippen LogP contribution in [0.25, 0.3) is 0 Å². The van der Waals surface area contributed by atoms with Crippen LogP contribution in [-0.4, -0.2) is 25.2 Å². The Hall–Kier alpha value is -1.55. The number of nitrogens with one attached hydrogen (secondary N) is 2. The Bertz CT molecular complexity index is 436. The first-order chi connectivity index (χ1) is 9.46. The average molecular weight is 277 g/mol. The first-order valence-corrected chi connectivity index (χ1v) is 7.08. The lowest BCUT2D eigenvalue weighted by Gasteiger charge is -2.23. The van der Waals surface area contributed by atoms with E-state index in [4.69, 9.17) is 4.74 Å². The van der Waals surface area contributed by atoms with E-state index in [1.807, 2.05) is 12.1 Å². The Labute approximate surface area is 122 Å². The Morgan fingerprint density at radius 2 is 1.85 bits per heavy atom. The maximum absolute atomic E-state index is 5.22. The number of hydrogen-bond acceptors (Lipinski definition) is 2. The van der Waals surface area contributed by atoms with E-state index in [0.29, 0.717) is 13.2 Å². The van der Waals surface area contributed by atoms with Crippen molar-refractivity contribution in [1.82, 2.24) is 10.6 Å². The lowest BCUT2D eigenvalue weighted by molar-refractivity contribution is 0.184. The Morgan fingerprint density at radius 3 is 2.40 bits per heavy atom. The molecule has 20 heavy (non-hydrogen) atoms. The van der Waals surface area contributed by atoms with Crippen LogP contribution in [0.3, 0.4) is 0 Å². The number of rotatable bonds is 5. The summed E-state index contributed by atoms with van der Waals surface area (Å²) < 4.78 is 5.22. The summed E-state index contributed by atoms with van der Waals surface area (Å²) in [6.07, 6.45) is 0. The molecule has 4 nitrogen and oxygen atoms in total. The van der Waals surface area contributed by atoms with Crippen LogP contribution in [0, 0.1) is 0 Å². The van der Waals surface area contributed by atoms with Gasteiger partial charge in [-0.1, -0.05) is 24.3 Å². The number of ether oxygens (including phenoxy) is 1. The molecule has 1 aromatic carbocycles. The minimum Gasteiger partial charge on any atom is -0.380 e. The topological polar surface area (TPSA) is 45.7 Å². The van der Waals surface area contributed by atoms with Crippen molar-refractivity contribution < 1.29 is 4.74 Å². The van der Waals surface area contributed by atoms with Crippen LogP contribution in [0.4, 0.5) is 0 Å². The van der Waals surface area contributed by atoms with E-state index in [1.54, 1.807) is 7.11 Å². The first kappa shape index (κ1) is 16.5. The molecule has 0 bridgehead atoms. The van der Waals surface area contributed by atoms with Crippen LogP contribution in [0.1, 0.15) is 38.8 Å². The van der Waals surface area contributed by atoms with Crippen molar-refractivity contribution in [2.75, 3.05) is 13.7 Å². The third-order valence-corrected chi connectivity index (χ3v) is 2.66. The highest BCUT2D eigenvalue weighted by molar-refractivity contribution is 5.80. The first-order valence-electron chi connectivity index (χ1n) is 7.08. The molecule has 0 unspecified atom stereocenters. The molecule has 0 radical (unpaired) electrons. The van der Waals surface area contributed by atoms with Crippen LogP contribution in [0.5, 0.6) is 0 Å². The second-order valence-corrected chi connectivity index (χ2v) is 5.77. The number of benzene rings is 1. The van der Waals surface area contributed by atoms with Crippen LogP contribution < -0.4 is 10.6 Å². The number of hydrogen-bond donors (Lipinski definition) is 2. The van der Waals surface area contributed by atoms with Gasteiger partial charge in [0.25, 0.3) is 0 Å². The van der Waals surface area contributed by atoms with Crippen molar-refractivity contribution >= 4 is 5.96 Å². The second-order valence-electron chi connectivity index (χ2n) is 5.77. The second kappa shape index (κ2) is 7.90. The molecule has 4 heteroatoms. The molecule has 112 valence electrons. The largest absolute Gasteiger partial charge is 0.380 e. The fourth-order valence-corrected chi connectivity index (χ4v) is 1.83. The zero-order valence-corrected chi connectivity index (χ0v) is 13.3. The molecule has 0 heterocycles. The molecule has 0 aliphatic carbocycles. The monoisotopic (exact) mass is 277 g/mol. The molecule has 0 saturated heterocycles. The molecule has 0 aliphatic heterocycles. The van der Waals surface area contributed by atoms with Crippen LogP contribution in [0.2, 0.25) is 0 Å². The van der Waals surface area contributed by atoms with Gasteiger partial charge in [0, 0.05) is 19.2 Å². The summed E-state index contributed by atoms with van der Waals surface area (Å²) in [5.74, 6) is 0.840.